The van der Waals surface area contributed by atoms with Crippen LogP contribution in [0.15, 0.2) is 52.4 Å². The van der Waals surface area contributed by atoms with Crippen LogP contribution < -0.4 is 15.4 Å². The van der Waals surface area contributed by atoms with E-state index in [0.717, 1.165) is 42.2 Å². The summed E-state index contributed by atoms with van der Waals surface area (Å²) >= 11 is 0. The molecule has 2 N–H and O–H groups in total. The van der Waals surface area contributed by atoms with Gasteiger partial charge in [0, 0.05) is 26.4 Å². The van der Waals surface area contributed by atoms with Crippen LogP contribution in [0.4, 0.5) is 0 Å². The Balaban J connectivity index is 1.77. The quantitative estimate of drug-likeness (QED) is 0.522. The number of methoxy groups -OCH3 is 1. The van der Waals surface area contributed by atoms with Gasteiger partial charge in [-0.25, -0.2) is 8.42 Å². The third-order valence-electron chi connectivity index (χ3n) is 4.46. The minimum atomic E-state index is -3.15. The lowest BCUT2D eigenvalue weighted by atomic mass is 10.1. The van der Waals surface area contributed by atoms with Crippen molar-refractivity contribution in [3.8, 4) is 5.75 Å². The Bertz CT molecular complexity index is 907. The summed E-state index contributed by atoms with van der Waals surface area (Å²) in [6.07, 6.45) is 2.86. The first kappa shape index (κ1) is 21.8. The lowest BCUT2D eigenvalue weighted by Gasteiger charge is -2.13. The normalized spacial score (nSPS) is 11.9. The molecular formula is C21H29N3O3S. The molecule has 0 aromatic heterocycles. The van der Waals surface area contributed by atoms with Gasteiger partial charge in [-0.1, -0.05) is 24.3 Å². The monoisotopic (exact) mass is 403 g/mol. The van der Waals surface area contributed by atoms with Crippen LogP contribution in [0, 0.1) is 6.92 Å². The summed E-state index contributed by atoms with van der Waals surface area (Å²) in [4.78, 5) is 4.58. The average molecular weight is 404 g/mol. The number of rotatable bonds is 8. The standard InChI is InChI=1S/C21H29N3O3S/c1-16-5-6-18(15-20(16)27-3)12-14-24-21(22-2)23-13-11-17-7-9-19(10-8-17)28(4,25)26/h5-10,15H,11-14H2,1-4H3,(H2,22,23,24). The zero-order valence-corrected chi connectivity index (χ0v) is 17.8. The number of nitrogens with one attached hydrogen (secondary N) is 2. The van der Waals surface area contributed by atoms with E-state index in [9.17, 15) is 8.42 Å². The molecule has 0 saturated heterocycles. The molecule has 152 valence electrons. The first-order valence-corrected chi connectivity index (χ1v) is 11.1. The summed E-state index contributed by atoms with van der Waals surface area (Å²) in [7, 11) is 0.276. The largest absolute Gasteiger partial charge is 0.496 e. The summed E-state index contributed by atoms with van der Waals surface area (Å²) < 4.78 is 28.4. The van der Waals surface area contributed by atoms with Crippen molar-refractivity contribution in [3.05, 3.63) is 59.2 Å². The minimum absolute atomic E-state index is 0.342. The Labute approximate surface area is 168 Å². The van der Waals surface area contributed by atoms with Crippen molar-refractivity contribution in [1.29, 1.82) is 0 Å². The second kappa shape index (κ2) is 10.1. The highest BCUT2D eigenvalue weighted by Gasteiger charge is 2.06. The van der Waals surface area contributed by atoms with E-state index in [4.69, 9.17) is 4.74 Å². The van der Waals surface area contributed by atoms with Gasteiger partial charge in [-0.2, -0.15) is 0 Å². The van der Waals surface area contributed by atoms with E-state index in [-0.39, 0.29) is 0 Å². The minimum Gasteiger partial charge on any atom is -0.496 e. The molecule has 0 atom stereocenters. The average Bonchev–Trinajstić information content (AvgIpc) is 2.67. The van der Waals surface area contributed by atoms with Crippen LogP contribution in [-0.4, -0.2) is 47.9 Å². The molecule has 6 nitrogen and oxygen atoms in total. The molecule has 28 heavy (non-hydrogen) atoms. The van der Waals surface area contributed by atoms with Gasteiger partial charge < -0.3 is 15.4 Å². The number of benzene rings is 2. The van der Waals surface area contributed by atoms with Crippen LogP contribution in [0.1, 0.15) is 16.7 Å². The van der Waals surface area contributed by atoms with E-state index in [1.807, 2.05) is 19.1 Å². The summed E-state index contributed by atoms with van der Waals surface area (Å²) in [6, 6.07) is 13.2. The molecule has 0 unspecified atom stereocenters. The number of nitrogens with zero attached hydrogens (tertiary/aromatic N) is 1. The Morgan fingerprint density at radius 1 is 1.00 bits per heavy atom. The van der Waals surface area contributed by atoms with Crippen molar-refractivity contribution in [2.24, 2.45) is 4.99 Å². The van der Waals surface area contributed by atoms with E-state index in [1.165, 1.54) is 11.8 Å². The zero-order valence-electron chi connectivity index (χ0n) is 17.0. The van der Waals surface area contributed by atoms with Crippen molar-refractivity contribution in [2.75, 3.05) is 33.5 Å². The number of ether oxygens (including phenoxy) is 1. The van der Waals surface area contributed by atoms with Gasteiger partial charge in [-0.05, 0) is 54.7 Å². The highest BCUT2D eigenvalue weighted by molar-refractivity contribution is 7.90. The lowest BCUT2D eigenvalue weighted by Crippen LogP contribution is -2.39. The van der Waals surface area contributed by atoms with Crippen molar-refractivity contribution >= 4 is 15.8 Å². The van der Waals surface area contributed by atoms with Crippen LogP contribution in [-0.2, 0) is 22.7 Å². The second-order valence-corrected chi connectivity index (χ2v) is 8.66. The van der Waals surface area contributed by atoms with Gasteiger partial charge in [0.2, 0.25) is 0 Å². The maximum Gasteiger partial charge on any atom is 0.190 e. The van der Waals surface area contributed by atoms with Crippen LogP contribution >= 0.6 is 0 Å². The molecule has 0 spiro atoms. The Kier molecular flexibility index (Phi) is 7.87. The van der Waals surface area contributed by atoms with Gasteiger partial charge in [0.15, 0.2) is 15.8 Å². The van der Waals surface area contributed by atoms with Gasteiger partial charge in [0.05, 0.1) is 12.0 Å². The van der Waals surface area contributed by atoms with Crippen molar-refractivity contribution in [2.45, 2.75) is 24.7 Å². The Hall–Kier alpha value is -2.54. The highest BCUT2D eigenvalue weighted by Crippen LogP contribution is 2.19. The maximum absolute atomic E-state index is 11.5. The summed E-state index contributed by atoms with van der Waals surface area (Å²) in [5, 5.41) is 6.58. The molecule has 0 fully saturated rings. The first-order valence-electron chi connectivity index (χ1n) is 9.20. The number of sulfone groups is 1. The van der Waals surface area contributed by atoms with Crippen molar-refractivity contribution in [1.82, 2.24) is 10.6 Å². The summed E-state index contributed by atoms with van der Waals surface area (Å²) in [5.74, 6) is 1.65. The first-order chi connectivity index (χ1) is 13.3. The molecule has 0 aliphatic carbocycles. The van der Waals surface area contributed by atoms with Crippen molar-refractivity contribution < 1.29 is 13.2 Å². The summed E-state index contributed by atoms with van der Waals surface area (Å²) in [6.45, 7) is 3.49. The lowest BCUT2D eigenvalue weighted by molar-refractivity contribution is 0.411. The molecule has 7 heteroatoms. The number of hydrogen-bond acceptors (Lipinski definition) is 4. The van der Waals surface area contributed by atoms with Crippen LogP contribution in [0.5, 0.6) is 5.75 Å². The highest BCUT2D eigenvalue weighted by atomic mass is 32.2. The SMILES string of the molecule is CN=C(NCCc1ccc(S(C)(=O)=O)cc1)NCCc1ccc(C)c(OC)c1. The van der Waals surface area contributed by atoms with Crippen LogP contribution in [0.3, 0.4) is 0 Å². The predicted molar refractivity (Wildman–Crippen MR) is 114 cm³/mol. The van der Waals surface area contributed by atoms with E-state index >= 15 is 0 Å². The van der Waals surface area contributed by atoms with E-state index in [2.05, 4.69) is 33.8 Å². The predicted octanol–water partition coefficient (Wildman–Crippen LogP) is 2.36. The van der Waals surface area contributed by atoms with Crippen LogP contribution in [0.2, 0.25) is 0 Å². The molecule has 0 amide bonds. The van der Waals surface area contributed by atoms with Gasteiger partial charge >= 0.3 is 0 Å². The van der Waals surface area contributed by atoms with E-state index in [0.29, 0.717) is 11.4 Å². The van der Waals surface area contributed by atoms with E-state index < -0.39 is 9.84 Å². The molecule has 0 aliphatic rings. The molecule has 0 aliphatic heterocycles. The number of guanidine groups is 1. The second-order valence-electron chi connectivity index (χ2n) is 6.65. The number of aryl methyl sites for hydroxylation is 1. The molecule has 2 aromatic rings. The fourth-order valence-electron chi connectivity index (χ4n) is 2.79. The van der Waals surface area contributed by atoms with Gasteiger partial charge in [0.25, 0.3) is 0 Å². The molecule has 2 rings (SSSR count). The molecule has 0 heterocycles. The van der Waals surface area contributed by atoms with Gasteiger partial charge in [0.1, 0.15) is 5.75 Å². The molecule has 0 bridgehead atoms. The topological polar surface area (TPSA) is 79.8 Å². The molecule has 0 saturated carbocycles. The number of aliphatic imine (C=N–C) groups is 1. The van der Waals surface area contributed by atoms with E-state index in [1.54, 1.807) is 26.3 Å². The molecule has 2 aromatic carbocycles. The fraction of sp³-hybridized carbons (Fsp3) is 0.381. The fourth-order valence-corrected chi connectivity index (χ4v) is 3.42. The van der Waals surface area contributed by atoms with Gasteiger partial charge in [-0.15, -0.1) is 0 Å². The third-order valence-corrected chi connectivity index (χ3v) is 5.59. The Morgan fingerprint density at radius 2 is 1.57 bits per heavy atom. The van der Waals surface area contributed by atoms with Crippen LogP contribution in [0.25, 0.3) is 0 Å². The Morgan fingerprint density at radius 3 is 2.11 bits per heavy atom. The van der Waals surface area contributed by atoms with Crippen molar-refractivity contribution in [3.63, 3.8) is 0 Å². The maximum atomic E-state index is 11.5. The molecular weight excluding hydrogens is 374 g/mol. The number of hydrogen-bond donors (Lipinski definition) is 2. The molecule has 0 radical (unpaired) electrons. The summed E-state index contributed by atoms with van der Waals surface area (Å²) in [5.41, 5.74) is 3.40. The smallest absolute Gasteiger partial charge is 0.190 e. The van der Waals surface area contributed by atoms with Gasteiger partial charge in [-0.3, -0.25) is 4.99 Å². The zero-order chi connectivity index (χ0) is 20.6. The third kappa shape index (κ3) is 6.56.